The average Bonchev–Trinajstić information content (AvgIpc) is 2.86. The second-order valence-electron chi connectivity index (χ2n) is 11.4. The van der Waals surface area contributed by atoms with Gasteiger partial charge in [-0.15, -0.1) is 0 Å². The standard InChI is InChI=1S/C31H43FN2O5/c1-21(2)34(23-12-10-15-33(20-23)30(36)39-31(4,5)6)29(35)25-19-28(38-17-11-16-37-7)26(18-22(25)3)24-13-8-9-14-27(24)32/h8-9,13-14,18-19,21,23H,10-12,15-17,20H2,1-7H3/t23-/m1/s1. The van der Waals surface area contributed by atoms with Gasteiger partial charge in [0.05, 0.1) is 12.6 Å². The number of nitrogens with zero attached hydrogens (tertiary/aromatic N) is 2. The molecule has 1 heterocycles. The van der Waals surface area contributed by atoms with Gasteiger partial charge in [-0.05, 0) is 78.1 Å². The van der Waals surface area contributed by atoms with E-state index < -0.39 is 5.60 Å². The molecule has 8 heteroatoms. The van der Waals surface area contributed by atoms with Crippen LogP contribution in [0.1, 0.15) is 69.8 Å². The topological polar surface area (TPSA) is 68.3 Å². The van der Waals surface area contributed by atoms with Crippen molar-refractivity contribution >= 4 is 12.0 Å². The number of carbonyl (C=O) groups excluding carboxylic acids is 2. The molecule has 2 aromatic carbocycles. The third kappa shape index (κ3) is 7.94. The summed E-state index contributed by atoms with van der Waals surface area (Å²) in [4.78, 5) is 30.4. The molecule has 0 N–H and O–H groups in total. The second-order valence-corrected chi connectivity index (χ2v) is 11.4. The van der Waals surface area contributed by atoms with Crippen molar-refractivity contribution in [2.45, 2.75) is 78.5 Å². The molecule has 0 unspecified atom stereocenters. The van der Waals surface area contributed by atoms with Gasteiger partial charge in [-0.3, -0.25) is 4.79 Å². The highest BCUT2D eigenvalue weighted by atomic mass is 19.1. The number of methoxy groups -OCH3 is 1. The number of amides is 2. The zero-order valence-corrected chi connectivity index (χ0v) is 24.4. The predicted molar refractivity (Wildman–Crippen MR) is 151 cm³/mol. The van der Waals surface area contributed by atoms with E-state index in [0.717, 1.165) is 18.4 Å². The molecule has 0 radical (unpaired) electrons. The largest absolute Gasteiger partial charge is 0.493 e. The number of rotatable bonds is 9. The third-order valence-electron chi connectivity index (χ3n) is 6.70. The number of halogens is 1. The van der Waals surface area contributed by atoms with Crippen molar-refractivity contribution in [1.82, 2.24) is 9.80 Å². The summed E-state index contributed by atoms with van der Waals surface area (Å²) in [6.07, 6.45) is 1.86. The molecule has 214 valence electrons. The van der Waals surface area contributed by atoms with Gasteiger partial charge in [0.25, 0.3) is 5.91 Å². The van der Waals surface area contributed by atoms with Crippen LogP contribution < -0.4 is 4.74 Å². The Balaban J connectivity index is 1.94. The molecule has 0 bridgehead atoms. The number of benzene rings is 2. The lowest BCUT2D eigenvalue weighted by Crippen LogP contribution is -2.54. The van der Waals surface area contributed by atoms with Gasteiger partial charge in [0.2, 0.25) is 0 Å². The third-order valence-corrected chi connectivity index (χ3v) is 6.70. The number of hydrogen-bond donors (Lipinski definition) is 0. The van der Waals surface area contributed by atoms with E-state index in [1.807, 2.05) is 52.5 Å². The van der Waals surface area contributed by atoms with E-state index in [0.29, 0.717) is 55.2 Å². The number of carbonyl (C=O) groups is 2. The van der Waals surface area contributed by atoms with Crippen LogP contribution in [0, 0.1) is 12.7 Å². The van der Waals surface area contributed by atoms with Gasteiger partial charge >= 0.3 is 6.09 Å². The molecule has 1 aliphatic rings. The van der Waals surface area contributed by atoms with Gasteiger partial charge in [0.1, 0.15) is 17.2 Å². The van der Waals surface area contributed by atoms with Crippen LogP contribution >= 0.6 is 0 Å². The quantitative estimate of drug-likeness (QED) is 0.340. The predicted octanol–water partition coefficient (Wildman–Crippen LogP) is 6.47. The van der Waals surface area contributed by atoms with E-state index in [2.05, 4.69) is 0 Å². The molecule has 1 saturated heterocycles. The van der Waals surface area contributed by atoms with Crippen LogP contribution in [0.5, 0.6) is 5.75 Å². The minimum Gasteiger partial charge on any atom is -0.493 e. The van der Waals surface area contributed by atoms with Crippen molar-refractivity contribution in [3.63, 3.8) is 0 Å². The first-order chi connectivity index (χ1) is 18.4. The molecule has 0 aliphatic carbocycles. The Labute approximate surface area is 232 Å². The van der Waals surface area contributed by atoms with Gasteiger partial charge in [0.15, 0.2) is 0 Å². The first kappa shape index (κ1) is 30.4. The molecule has 0 aromatic heterocycles. The van der Waals surface area contributed by atoms with Crippen LogP contribution in [-0.4, -0.2) is 72.9 Å². The van der Waals surface area contributed by atoms with Gasteiger partial charge in [-0.1, -0.05) is 18.2 Å². The Morgan fingerprint density at radius 3 is 2.49 bits per heavy atom. The Morgan fingerprint density at radius 2 is 1.85 bits per heavy atom. The highest BCUT2D eigenvalue weighted by molar-refractivity contribution is 5.97. The smallest absolute Gasteiger partial charge is 0.410 e. The Kier molecular flexibility index (Phi) is 10.4. The van der Waals surface area contributed by atoms with E-state index >= 15 is 0 Å². The molecule has 3 rings (SSSR count). The molecular formula is C31H43FN2O5. The monoisotopic (exact) mass is 542 g/mol. The van der Waals surface area contributed by atoms with Crippen molar-refractivity contribution in [2.24, 2.45) is 0 Å². The normalized spacial score (nSPS) is 15.8. The second kappa shape index (κ2) is 13.3. The van der Waals surface area contributed by atoms with Crippen LogP contribution in [0.15, 0.2) is 36.4 Å². The summed E-state index contributed by atoms with van der Waals surface area (Å²) in [7, 11) is 1.63. The molecule has 2 aromatic rings. The van der Waals surface area contributed by atoms with Gasteiger partial charge in [-0.25, -0.2) is 9.18 Å². The lowest BCUT2D eigenvalue weighted by Gasteiger charge is -2.41. The maximum absolute atomic E-state index is 14.8. The summed E-state index contributed by atoms with van der Waals surface area (Å²) < 4.78 is 31.6. The maximum atomic E-state index is 14.8. The van der Waals surface area contributed by atoms with Crippen LogP contribution in [0.2, 0.25) is 0 Å². The van der Waals surface area contributed by atoms with Crippen LogP contribution in [0.25, 0.3) is 11.1 Å². The first-order valence-electron chi connectivity index (χ1n) is 13.7. The summed E-state index contributed by atoms with van der Waals surface area (Å²) >= 11 is 0. The average molecular weight is 543 g/mol. The maximum Gasteiger partial charge on any atom is 0.410 e. The van der Waals surface area contributed by atoms with Crippen LogP contribution in [0.3, 0.4) is 0 Å². The molecule has 0 saturated carbocycles. The number of aryl methyl sites for hydroxylation is 1. The first-order valence-corrected chi connectivity index (χ1v) is 13.7. The Hall–Kier alpha value is -3.13. The molecule has 39 heavy (non-hydrogen) atoms. The summed E-state index contributed by atoms with van der Waals surface area (Å²) in [5, 5.41) is 0. The minimum absolute atomic E-state index is 0.0993. The molecule has 1 aliphatic heterocycles. The van der Waals surface area contributed by atoms with Crippen LogP contribution in [0.4, 0.5) is 9.18 Å². The van der Waals surface area contributed by atoms with E-state index in [9.17, 15) is 14.0 Å². The lowest BCUT2D eigenvalue weighted by molar-refractivity contribution is 0.00750. The fourth-order valence-electron chi connectivity index (χ4n) is 4.95. The van der Waals surface area contributed by atoms with Crippen LogP contribution in [-0.2, 0) is 9.47 Å². The highest BCUT2D eigenvalue weighted by Crippen LogP contribution is 2.36. The zero-order valence-electron chi connectivity index (χ0n) is 24.4. The van der Waals surface area contributed by atoms with Crippen molar-refractivity contribution in [3.8, 4) is 16.9 Å². The number of piperidine rings is 1. The van der Waals surface area contributed by atoms with E-state index in [-0.39, 0.29) is 29.9 Å². The lowest BCUT2D eigenvalue weighted by atomic mass is 9.95. The minimum atomic E-state index is -0.589. The van der Waals surface area contributed by atoms with Crippen molar-refractivity contribution in [3.05, 3.63) is 53.3 Å². The fourth-order valence-corrected chi connectivity index (χ4v) is 4.95. The number of hydrogen-bond acceptors (Lipinski definition) is 5. The molecule has 2 amide bonds. The molecular weight excluding hydrogens is 499 g/mol. The highest BCUT2D eigenvalue weighted by Gasteiger charge is 2.35. The summed E-state index contributed by atoms with van der Waals surface area (Å²) in [6.45, 7) is 13.3. The van der Waals surface area contributed by atoms with Crippen molar-refractivity contribution in [1.29, 1.82) is 0 Å². The summed E-state index contributed by atoms with van der Waals surface area (Å²) in [5.74, 6) is -0.0424. The van der Waals surface area contributed by atoms with Gasteiger partial charge < -0.3 is 24.0 Å². The SMILES string of the molecule is COCCCOc1cc(C(=O)N(C(C)C)[C@@H]2CCCN(C(=O)OC(C)(C)C)C2)c(C)cc1-c1ccccc1F. The van der Waals surface area contributed by atoms with Gasteiger partial charge in [-0.2, -0.15) is 0 Å². The van der Waals surface area contributed by atoms with E-state index in [4.69, 9.17) is 14.2 Å². The molecule has 1 fully saturated rings. The van der Waals surface area contributed by atoms with E-state index in [1.165, 1.54) is 6.07 Å². The molecule has 0 spiro atoms. The zero-order chi connectivity index (χ0) is 28.7. The molecule has 7 nitrogen and oxygen atoms in total. The van der Waals surface area contributed by atoms with Crippen molar-refractivity contribution < 1.29 is 28.2 Å². The summed E-state index contributed by atoms with van der Waals surface area (Å²) in [6, 6.07) is 9.85. The number of likely N-dealkylation sites (tertiary alicyclic amines) is 1. The van der Waals surface area contributed by atoms with E-state index in [1.54, 1.807) is 36.3 Å². The fraction of sp³-hybridized carbons (Fsp3) is 0.548. The Bertz CT molecular complexity index is 1140. The van der Waals surface area contributed by atoms with Gasteiger partial charge in [0, 0.05) is 56.0 Å². The van der Waals surface area contributed by atoms with Crippen molar-refractivity contribution in [2.75, 3.05) is 33.4 Å². The Morgan fingerprint density at radius 1 is 1.13 bits per heavy atom. The summed E-state index contributed by atoms with van der Waals surface area (Å²) in [5.41, 5.74) is 1.66. The number of ether oxygens (including phenoxy) is 3. The molecule has 1 atom stereocenters.